The Kier molecular flexibility index (Phi) is 25.0. The maximum atomic E-state index is 13.7. The second kappa shape index (κ2) is 32.2. The van der Waals surface area contributed by atoms with Crippen LogP contribution in [-0.2, 0) is 12.8 Å². The van der Waals surface area contributed by atoms with Crippen molar-refractivity contribution in [3.63, 3.8) is 0 Å². The molecule has 2 aliphatic carbocycles. The maximum Gasteiger partial charge on any atom is 0.273 e. The molecule has 2 aromatic heterocycles. The number of nitrogens with two attached hydrogens (primary N) is 1. The second-order valence-electron chi connectivity index (χ2n) is 20.6. The summed E-state index contributed by atoms with van der Waals surface area (Å²) in [6.45, 7) is 14.1. The predicted molar refractivity (Wildman–Crippen MR) is 345 cm³/mol. The van der Waals surface area contributed by atoms with E-state index in [0.29, 0.717) is 50.0 Å². The highest BCUT2D eigenvalue weighted by atomic mass is 35.5. The van der Waals surface area contributed by atoms with E-state index in [1.54, 1.807) is 64.0 Å². The second-order valence-corrected chi connectivity index (χ2v) is 22.7. The van der Waals surface area contributed by atoms with E-state index in [-0.39, 0.29) is 35.3 Å². The first-order valence-electron chi connectivity index (χ1n) is 28.7. The minimum absolute atomic E-state index is 0.159. The molecule has 10 rings (SSSR count). The molecule has 9 nitrogen and oxygen atoms in total. The molecule has 2 atom stereocenters. The lowest BCUT2D eigenvalue weighted by atomic mass is 9.91. The third-order valence-electron chi connectivity index (χ3n) is 14.7. The molecule has 2 heterocycles. The monoisotopic (exact) mass is 1230 g/mol. The topological polar surface area (TPSA) is 111 Å². The number of halogens is 7. The van der Waals surface area contributed by atoms with Gasteiger partial charge in [-0.25, -0.2) is 18.1 Å². The number of carbonyl (C=O) groups is 2. The van der Waals surface area contributed by atoms with Crippen LogP contribution in [0.15, 0.2) is 146 Å². The zero-order valence-electron chi connectivity index (χ0n) is 48.1. The average molecular weight is 1230 g/mol. The van der Waals surface area contributed by atoms with Crippen molar-refractivity contribution in [2.24, 2.45) is 5.73 Å². The minimum Gasteiger partial charge on any atom is -0.344 e. The Bertz CT molecular complexity index is 3500. The van der Waals surface area contributed by atoms with Crippen LogP contribution in [0, 0.1) is 11.6 Å². The molecular weight excluding hydrogens is 1160 g/mol. The van der Waals surface area contributed by atoms with E-state index in [2.05, 4.69) is 42.2 Å². The largest absolute Gasteiger partial charge is 0.344 e. The average Bonchev–Trinajstić information content (AvgIpc) is 3.08. The standard InChI is InChI=1S/C31H28Cl2FN3O.C23H18Cl3FN2O.C8H11N.C6H15N/c1-20(22-8-4-2-5-9-22)35-31(38)29-26-11-7-3-6-10-23(18-21-12-15-25(34)16-13-21)30(26)37(36-29)28-17-14-24(32)19-27(28)33;24-16-8-11-20(19(25)13-16)29-22-15(12-14-6-9-17(27)10-7-14)4-2-1-3-5-18(22)21(28-29)23(26)30;1-7(9)8-5-3-2-4-6-8;1-4-7(5-2)6-3/h2,4-5,8-9,12-20H,3,6-7,10-11H2,1H3,(H,35,38);6-13H,1-5H2;2-7H,9H2,1H3;4-6H2,1-3H3/b23-18+;15-12+;;/t20-;;7-;/m0.0./s1. The Balaban J connectivity index is 0.000000194. The first-order valence-corrected chi connectivity index (χ1v) is 30.5. The molecule has 1 amide bonds. The highest BCUT2D eigenvalue weighted by Crippen LogP contribution is 2.39. The molecule has 3 N–H and O–H groups in total. The van der Waals surface area contributed by atoms with Crippen LogP contribution in [0.5, 0.6) is 0 Å². The number of aromatic nitrogens is 4. The molecular formula is C68H72Cl5F2N7O2. The van der Waals surface area contributed by atoms with Gasteiger partial charge in [0, 0.05) is 27.2 Å². The van der Waals surface area contributed by atoms with Crippen LogP contribution in [0.4, 0.5) is 8.78 Å². The molecule has 6 aromatic carbocycles. The van der Waals surface area contributed by atoms with Crippen LogP contribution in [0.2, 0.25) is 20.1 Å². The van der Waals surface area contributed by atoms with Crippen LogP contribution in [0.25, 0.3) is 34.7 Å². The van der Waals surface area contributed by atoms with E-state index < -0.39 is 5.24 Å². The summed E-state index contributed by atoms with van der Waals surface area (Å²) in [6.07, 6.45) is 13.0. The Morgan fingerprint density at radius 2 is 0.976 bits per heavy atom. The van der Waals surface area contributed by atoms with Gasteiger partial charge in [-0.15, -0.1) is 0 Å². The van der Waals surface area contributed by atoms with Crippen molar-refractivity contribution in [3.8, 4) is 11.4 Å². The molecule has 0 spiro atoms. The van der Waals surface area contributed by atoms with Crippen molar-refractivity contribution >= 4 is 92.5 Å². The molecule has 0 fully saturated rings. The van der Waals surface area contributed by atoms with Gasteiger partial charge in [0.05, 0.1) is 38.8 Å². The van der Waals surface area contributed by atoms with Gasteiger partial charge < -0.3 is 16.0 Å². The van der Waals surface area contributed by atoms with Gasteiger partial charge in [0.2, 0.25) is 0 Å². The Morgan fingerprint density at radius 1 is 0.571 bits per heavy atom. The molecule has 0 radical (unpaired) electrons. The maximum absolute atomic E-state index is 13.7. The van der Waals surface area contributed by atoms with Gasteiger partial charge in [0.15, 0.2) is 5.69 Å². The molecule has 0 unspecified atom stereocenters. The molecule has 84 heavy (non-hydrogen) atoms. The normalized spacial score (nSPS) is 14.8. The summed E-state index contributed by atoms with van der Waals surface area (Å²) >= 11 is 31.3. The zero-order valence-corrected chi connectivity index (χ0v) is 51.9. The lowest BCUT2D eigenvalue weighted by Gasteiger charge is -2.18. The SMILES string of the molecule is CCN(CC)CC.C[C@H](N)c1ccccc1.C[C@H](NC(=O)c1nn(-c2ccc(Cl)cc2Cl)c2c1CCCCC/C2=C\c1ccc(F)cc1)c1ccccc1.O=C(Cl)c1nn(-c2ccc(Cl)cc2Cl)c2c1CCCCC/C2=C\c1ccc(F)cc1. The van der Waals surface area contributed by atoms with Crippen molar-refractivity contribution in [2.45, 2.75) is 111 Å². The van der Waals surface area contributed by atoms with Gasteiger partial charge in [-0.3, -0.25) is 9.59 Å². The fourth-order valence-corrected chi connectivity index (χ4v) is 11.3. The molecule has 8 aromatic rings. The first kappa shape index (κ1) is 65.1. The molecule has 440 valence electrons. The van der Waals surface area contributed by atoms with E-state index in [0.717, 1.165) is 102 Å². The lowest BCUT2D eigenvalue weighted by molar-refractivity contribution is 0.0933. The quantitative estimate of drug-likeness (QED) is 0.118. The number of amides is 1. The predicted octanol–water partition coefficient (Wildman–Crippen LogP) is 18.9. The molecule has 0 saturated heterocycles. The van der Waals surface area contributed by atoms with E-state index in [1.165, 1.54) is 49.5 Å². The first-order chi connectivity index (χ1) is 40.5. The summed E-state index contributed by atoms with van der Waals surface area (Å²) in [7, 11) is 0. The van der Waals surface area contributed by atoms with Crippen molar-refractivity contribution < 1.29 is 18.4 Å². The fraction of sp³-hybridized carbons (Fsp3) is 0.294. The molecule has 0 saturated carbocycles. The zero-order chi connectivity index (χ0) is 60.3. The van der Waals surface area contributed by atoms with Gasteiger partial charge >= 0.3 is 0 Å². The van der Waals surface area contributed by atoms with Crippen molar-refractivity contribution in [3.05, 3.63) is 233 Å². The summed E-state index contributed by atoms with van der Waals surface area (Å²) in [4.78, 5) is 28.2. The van der Waals surface area contributed by atoms with Gasteiger partial charge in [-0.05, 0) is 203 Å². The molecule has 16 heteroatoms. The van der Waals surface area contributed by atoms with Crippen LogP contribution in [0.1, 0.15) is 164 Å². The number of benzene rings is 6. The number of nitrogens with one attached hydrogen (secondary N) is 1. The summed E-state index contributed by atoms with van der Waals surface area (Å²) in [5, 5.41) is 13.8. The number of nitrogens with zero attached hydrogens (tertiary/aromatic N) is 5. The van der Waals surface area contributed by atoms with E-state index in [1.807, 2.05) is 86.7 Å². The molecule has 0 bridgehead atoms. The van der Waals surface area contributed by atoms with E-state index >= 15 is 0 Å². The van der Waals surface area contributed by atoms with Gasteiger partial charge in [-0.1, -0.05) is 165 Å². The number of allylic oxidation sites excluding steroid dienone is 2. The number of hydrogen-bond donors (Lipinski definition) is 2. The number of hydrogen-bond acceptors (Lipinski definition) is 6. The third kappa shape index (κ3) is 17.8. The van der Waals surface area contributed by atoms with Crippen LogP contribution < -0.4 is 11.1 Å². The number of rotatable bonds is 12. The molecule has 0 aliphatic heterocycles. The third-order valence-corrected chi connectivity index (χ3v) is 16.0. The summed E-state index contributed by atoms with van der Waals surface area (Å²) in [5.74, 6) is -0.804. The highest BCUT2D eigenvalue weighted by molar-refractivity contribution is 6.67. The number of carbonyl (C=O) groups excluding carboxylic acids is 2. The van der Waals surface area contributed by atoms with Crippen molar-refractivity contribution in [1.82, 2.24) is 29.8 Å². The lowest BCUT2D eigenvalue weighted by Crippen LogP contribution is -2.28. The molecule has 2 aliphatic rings. The summed E-state index contributed by atoms with van der Waals surface area (Å²) in [5.41, 5.74) is 16.9. The fourth-order valence-electron chi connectivity index (χ4n) is 10.2. The Hall–Kier alpha value is -6.41. The van der Waals surface area contributed by atoms with Crippen LogP contribution in [0.3, 0.4) is 0 Å². The van der Waals surface area contributed by atoms with Crippen LogP contribution in [-0.4, -0.2) is 55.2 Å². The smallest absolute Gasteiger partial charge is 0.273 e. The highest BCUT2D eigenvalue weighted by Gasteiger charge is 2.30. The minimum atomic E-state index is -0.600. The van der Waals surface area contributed by atoms with Gasteiger partial charge in [0.1, 0.15) is 17.3 Å². The van der Waals surface area contributed by atoms with Crippen LogP contribution >= 0.6 is 58.0 Å². The van der Waals surface area contributed by atoms with Gasteiger partial charge in [-0.2, -0.15) is 10.2 Å². The van der Waals surface area contributed by atoms with E-state index in [9.17, 15) is 18.4 Å². The van der Waals surface area contributed by atoms with Crippen molar-refractivity contribution in [1.29, 1.82) is 0 Å². The summed E-state index contributed by atoms with van der Waals surface area (Å²) in [6, 6.07) is 43.0. The van der Waals surface area contributed by atoms with E-state index in [4.69, 9.17) is 68.8 Å². The Morgan fingerprint density at radius 3 is 1.36 bits per heavy atom. The Labute approximate surface area is 518 Å². The van der Waals surface area contributed by atoms with Gasteiger partial charge in [0.25, 0.3) is 11.1 Å². The summed E-state index contributed by atoms with van der Waals surface area (Å²) < 4.78 is 30.4. The van der Waals surface area contributed by atoms with Crippen molar-refractivity contribution in [2.75, 3.05) is 19.6 Å². The number of fused-ring (bicyclic) bond motifs is 2.